The number of nitrogens with zero attached hydrogens (tertiary/aromatic N) is 3. The predicted octanol–water partition coefficient (Wildman–Crippen LogP) is 2.60. The standard InChI is InChI=1S/C14H14N4OS/c1-9(2)16-14(19)13-17-12(10-3-6-20-8-10)11-7-15-4-5-18(11)13/h3-9H,1-2H3,(H,16,19). The van der Waals surface area contributed by atoms with Gasteiger partial charge in [0, 0.05) is 29.4 Å². The number of hydrogen-bond donors (Lipinski definition) is 1. The van der Waals surface area contributed by atoms with Crippen LogP contribution in [0.5, 0.6) is 0 Å². The fraction of sp³-hybridized carbons (Fsp3) is 0.214. The van der Waals surface area contributed by atoms with Crippen LogP contribution in [0.15, 0.2) is 35.4 Å². The number of rotatable bonds is 3. The molecule has 0 fully saturated rings. The summed E-state index contributed by atoms with van der Waals surface area (Å²) in [7, 11) is 0. The van der Waals surface area contributed by atoms with E-state index in [1.54, 1.807) is 34.3 Å². The molecular weight excluding hydrogens is 272 g/mol. The van der Waals surface area contributed by atoms with Crippen molar-refractivity contribution < 1.29 is 4.79 Å². The summed E-state index contributed by atoms with van der Waals surface area (Å²) in [6.07, 6.45) is 5.14. The van der Waals surface area contributed by atoms with Crippen LogP contribution in [0.4, 0.5) is 0 Å². The molecule has 0 spiro atoms. The highest BCUT2D eigenvalue weighted by Gasteiger charge is 2.18. The SMILES string of the molecule is CC(C)NC(=O)c1nc(-c2ccsc2)c2cnccn12. The van der Waals surface area contributed by atoms with Crippen molar-refractivity contribution in [2.24, 2.45) is 0 Å². The van der Waals surface area contributed by atoms with Gasteiger partial charge in [0.25, 0.3) is 5.91 Å². The van der Waals surface area contributed by atoms with Crippen molar-refractivity contribution in [3.8, 4) is 11.3 Å². The Balaban J connectivity index is 2.17. The van der Waals surface area contributed by atoms with E-state index in [1.807, 2.05) is 30.7 Å². The first-order valence-corrected chi connectivity index (χ1v) is 7.26. The Bertz CT molecular complexity index is 746. The normalized spacial score (nSPS) is 11.2. The predicted molar refractivity (Wildman–Crippen MR) is 78.9 cm³/mol. The molecule has 1 amide bonds. The topological polar surface area (TPSA) is 59.3 Å². The molecule has 0 aliphatic carbocycles. The van der Waals surface area contributed by atoms with Gasteiger partial charge < -0.3 is 5.32 Å². The summed E-state index contributed by atoms with van der Waals surface area (Å²) in [4.78, 5) is 20.9. The molecule has 5 nitrogen and oxygen atoms in total. The Morgan fingerprint density at radius 3 is 3.00 bits per heavy atom. The second-order valence-electron chi connectivity index (χ2n) is 4.76. The van der Waals surface area contributed by atoms with Gasteiger partial charge in [0.1, 0.15) is 0 Å². The van der Waals surface area contributed by atoms with E-state index < -0.39 is 0 Å². The maximum atomic E-state index is 12.2. The van der Waals surface area contributed by atoms with Gasteiger partial charge in [-0.1, -0.05) is 0 Å². The summed E-state index contributed by atoms with van der Waals surface area (Å²) in [6.45, 7) is 3.85. The van der Waals surface area contributed by atoms with Gasteiger partial charge in [-0.2, -0.15) is 11.3 Å². The number of thiophene rings is 1. The molecule has 20 heavy (non-hydrogen) atoms. The third-order valence-electron chi connectivity index (χ3n) is 2.86. The third-order valence-corrected chi connectivity index (χ3v) is 3.55. The molecule has 3 aromatic rings. The first kappa shape index (κ1) is 12.8. The second kappa shape index (κ2) is 5.05. The van der Waals surface area contributed by atoms with Crippen LogP contribution < -0.4 is 5.32 Å². The molecule has 0 bridgehead atoms. The van der Waals surface area contributed by atoms with Gasteiger partial charge in [-0.05, 0) is 25.3 Å². The van der Waals surface area contributed by atoms with Crippen LogP contribution in [0.25, 0.3) is 16.8 Å². The zero-order chi connectivity index (χ0) is 14.1. The molecule has 0 aliphatic heterocycles. The van der Waals surface area contributed by atoms with Crippen LogP contribution in [0.3, 0.4) is 0 Å². The number of fused-ring (bicyclic) bond motifs is 1. The van der Waals surface area contributed by atoms with Gasteiger partial charge in [-0.15, -0.1) is 0 Å². The summed E-state index contributed by atoms with van der Waals surface area (Å²) in [6, 6.07) is 2.06. The Kier molecular flexibility index (Phi) is 3.23. The van der Waals surface area contributed by atoms with E-state index in [1.165, 1.54) is 0 Å². The lowest BCUT2D eigenvalue weighted by atomic mass is 10.2. The van der Waals surface area contributed by atoms with Crippen molar-refractivity contribution in [1.29, 1.82) is 0 Å². The van der Waals surface area contributed by atoms with Crippen molar-refractivity contribution in [2.45, 2.75) is 19.9 Å². The molecule has 0 saturated heterocycles. The molecule has 0 aliphatic rings. The Hall–Kier alpha value is -2.21. The molecule has 3 heterocycles. The highest BCUT2D eigenvalue weighted by molar-refractivity contribution is 7.08. The minimum atomic E-state index is -0.178. The Labute approximate surface area is 120 Å². The van der Waals surface area contributed by atoms with Crippen molar-refractivity contribution in [3.05, 3.63) is 41.2 Å². The lowest BCUT2D eigenvalue weighted by Crippen LogP contribution is -2.31. The van der Waals surface area contributed by atoms with E-state index >= 15 is 0 Å². The summed E-state index contributed by atoms with van der Waals surface area (Å²) in [5, 5.41) is 6.87. The number of imidazole rings is 1. The lowest BCUT2D eigenvalue weighted by molar-refractivity contribution is 0.0932. The maximum absolute atomic E-state index is 12.2. The minimum absolute atomic E-state index is 0.0706. The number of carbonyl (C=O) groups excluding carboxylic acids is 1. The number of aromatic nitrogens is 3. The van der Waals surface area contributed by atoms with Gasteiger partial charge in [0.15, 0.2) is 0 Å². The van der Waals surface area contributed by atoms with Gasteiger partial charge in [-0.25, -0.2) is 4.98 Å². The number of amides is 1. The minimum Gasteiger partial charge on any atom is -0.347 e. The molecular formula is C14H14N4OS. The van der Waals surface area contributed by atoms with E-state index in [0.29, 0.717) is 5.82 Å². The van der Waals surface area contributed by atoms with Crippen LogP contribution in [0.2, 0.25) is 0 Å². The van der Waals surface area contributed by atoms with E-state index in [2.05, 4.69) is 15.3 Å². The molecule has 6 heteroatoms. The van der Waals surface area contributed by atoms with Crippen molar-refractivity contribution in [2.75, 3.05) is 0 Å². The van der Waals surface area contributed by atoms with E-state index in [0.717, 1.165) is 16.8 Å². The summed E-state index contributed by atoms with van der Waals surface area (Å²) >= 11 is 1.60. The number of nitrogens with one attached hydrogen (secondary N) is 1. The maximum Gasteiger partial charge on any atom is 0.287 e. The first-order chi connectivity index (χ1) is 9.66. The highest BCUT2D eigenvalue weighted by atomic mass is 32.1. The Morgan fingerprint density at radius 1 is 1.45 bits per heavy atom. The van der Waals surface area contributed by atoms with Crippen LogP contribution in [0, 0.1) is 0 Å². The fourth-order valence-electron chi connectivity index (χ4n) is 2.04. The van der Waals surface area contributed by atoms with Crippen molar-refractivity contribution in [3.63, 3.8) is 0 Å². The third kappa shape index (κ3) is 2.18. The summed E-state index contributed by atoms with van der Waals surface area (Å²) < 4.78 is 1.78. The molecule has 3 aromatic heterocycles. The first-order valence-electron chi connectivity index (χ1n) is 6.32. The molecule has 0 atom stereocenters. The Morgan fingerprint density at radius 2 is 2.30 bits per heavy atom. The average molecular weight is 286 g/mol. The summed E-state index contributed by atoms with van der Waals surface area (Å²) in [5.41, 5.74) is 2.62. The summed E-state index contributed by atoms with van der Waals surface area (Å²) in [5.74, 6) is 0.208. The lowest BCUT2D eigenvalue weighted by Gasteiger charge is -2.06. The zero-order valence-corrected chi connectivity index (χ0v) is 12.0. The van der Waals surface area contributed by atoms with E-state index in [-0.39, 0.29) is 11.9 Å². The van der Waals surface area contributed by atoms with E-state index in [4.69, 9.17) is 0 Å². The van der Waals surface area contributed by atoms with Crippen molar-refractivity contribution in [1.82, 2.24) is 19.7 Å². The molecule has 0 aromatic carbocycles. The fourth-order valence-corrected chi connectivity index (χ4v) is 2.68. The highest BCUT2D eigenvalue weighted by Crippen LogP contribution is 2.26. The molecule has 102 valence electrons. The largest absolute Gasteiger partial charge is 0.347 e. The molecule has 1 N–H and O–H groups in total. The van der Waals surface area contributed by atoms with Gasteiger partial charge in [0.05, 0.1) is 17.4 Å². The van der Waals surface area contributed by atoms with Crippen LogP contribution in [-0.4, -0.2) is 26.3 Å². The number of carbonyl (C=O) groups is 1. The van der Waals surface area contributed by atoms with Gasteiger partial charge >= 0.3 is 0 Å². The quantitative estimate of drug-likeness (QED) is 0.805. The van der Waals surface area contributed by atoms with Crippen molar-refractivity contribution >= 4 is 22.8 Å². The van der Waals surface area contributed by atoms with Gasteiger partial charge in [0.2, 0.25) is 5.82 Å². The second-order valence-corrected chi connectivity index (χ2v) is 5.54. The monoisotopic (exact) mass is 286 g/mol. The average Bonchev–Trinajstić information content (AvgIpc) is 3.04. The van der Waals surface area contributed by atoms with Crippen LogP contribution in [0.1, 0.15) is 24.5 Å². The van der Waals surface area contributed by atoms with Crippen LogP contribution >= 0.6 is 11.3 Å². The van der Waals surface area contributed by atoms with Gasteiger partial charge in [-0.3, -0.25) is 14.2 Å². The smallest absolute Gasteiger partial charge is 0.287 e. The molecule has 0 saturated carbocycles. The van der Waals surface area contributed by atoms with Crippen LogP contribution in [-0.2, 0) is 0 Å². The number of hydrogen-bond acceptors (Lipinski definition) is 4. The zero-order valence-electron chi connectivity index (χ0n) is 11.2. The molecule has 3 rings (SSSR count). The molecule has 0 unspecified atom stereocenters. The molecule has 0 radical (unpaired) electrons. The van der Waals surface area contributed by atoms with E-state index in [9.17, 15) is 4.79 Å².